The second-order valence-corrected chi connectivity index (χ2v) is 7.34. The van der Waals surface area contributed by atoms with Gasteiger partial charge in [0.15, 0.2) is 17.7 Å². The number of fused-ring (bicyclic) bond motifs is 1. The number of benzene rings is 2. The van der Waals surface area contributed by atoms with Gasteiger partial charge >= 0.3 is 5.97 Å². The molecular weight excluding hydrogens is 356 g/mol. The van der Waals surface area contributed by atoms with Crippen LogP contribution in [0, 0.1) is 0 Å². The molecule has 1 atom stereocenters. The molecule has 1 aliphatic rings. The van der Waals surface area contributed by atoms with Crippen LogP contribution >= 0.6 is 0 Å². The smallest absolute Gasteiger partial charge is 0.338 e. The minimum absolute atomic E-state index is 0.154. The normalized spacial score (nSPS) is 15.5. The summed E-state index contributed by atoms with van der Waals surface area (Å²) in [5.41, 5.74) is 1.34. The Kier molecular flexibility index (Phi) is 4.60. The van der Waals surface area contributed by atoms with Gasteiger partial charge in [-0.1, -0.05) is 12.1 Å². The number of carbonyl (C=O) groups is 2. The number of rotatable bonds is 4. The Bertz CT molecular complexity index is 1010. The number of amidine groups is 1. The monoisotopic (exact) mass is 372 g/mol. The maximum Gasteiger partial charge on any atom is 0.338 e. The average molecular weight is 372 g/mol. The second-order valence-electron chi connectivity index (χ2n) is 5.77. The number of anilines is 1. The zero-order chi connectivity index (χ0) is 18.9. The molecule has 0 aliphatic carbocycles. The van der Waals surface area contributed by atoms with Crippen molar-refractivity contribution in [2.75, 3.05) is 5.32 Å². The highest BCUT2D eigenvalue weighted by atomic mass is 32.2. The van der Waals surface area contributed by atoms with Crippen molar-refractivity contribution >= 4 is 33.3 Å². The summed E-state index contributed by atoms with van der Waals surface area (Å²) in [7, 11) is -3.70. The first-order chi connectivity index (χ1) is 12.3. The molecule has 0 radical (unpaired) electrons. The van der Waals surface area contributed by atoms with Crippen molar-refractivity contribution in [2.24, 2.45) is 4.40 Å². The van der Waals surface area contributed by atoms with Gasteiger partial charge in [-0.05, 0) is 50.2 Å². The van der Waals surface area contributed by atoms with Crippen molar-refractivity contribution in [3.05, 3.63) is 59.7 Å². The maximum absolute atomic E-state index is 12.0. The van der Waals surface area contributed by atoms with Crippen molar-refractivity contribution in [1.82, 2.24) is 0 Å². The van der Waals surface area contributed by atoms with Gasteiger partial charge in [-0.3, -0.25) is 4.79 Å². The molecule has 2 aromatic carbocycles. The Hall–Kier alpha value is -3.00. The highest BCUT2D eigenvalue weighted by Gasteiger charge is 2.28. The third-order valence-corrected chi connectivity index (χ3v) is 5.21. The molecule has 3 rings (SSSR count). The van der Waals surface area contributed by atoms with E-state index in [4.69, 9.17) is 4.74 Å². The molecule has 0 aromatic heterocycles. The topological polar surface area (TPSA) is 102 Å². The van der Waals surface area contributed by atoms with E-state index in [0.29, 0.717) is 11.3 Å². The van der Waals surface area contributed by atoms with E-state index >= 15 is 0 Å². The minimum atomic E-state index is -3.70. The Balaban J connectivity index is 1.77. The van der Waals surface area contributed by atoms with E-state index in [1.165, 1.54) is 32.0 Å². The fourth-order valence-corrected chi connectivity index (χ4v) is 3.51. The number of ketones is 1. The first-order valence-electron chi connectivity index (χ1n) is 7.81. The largest absolute Gasteiger partial charge is 0.451 e. The molecule has 0 fully saturated rings. The summed E-state index contributed by atoms with van der Waals surface area (Å²) in [5, 5.41) is 2.94. The molecule has 134 valence electrons. The van der Waals surface area contributed by atoms with Gasteiger partial charge in [0.2, 0.25) is 0 Å². The number of nitrogens with one attached hydrogen (secondary N) is 1. The molecule has 26 heavy (non-hydrogen) atoms. The number of esters is 1. The average Bonchev–Trinajstić information content (AvgIpc) is 2.86. The van der Waals surface area contributed by atoms with Crippen LogP contribution in [0.2, 0.25) is 0 Å². The standard InChI is InChI=1S/C18H16N2O5S/c1-11(21)12(2)25-18(22)13-7-9-14(10-8-13)19-17-15-5-3-4-6-16(15)26(23,24)20-17/h3-10,12H,1-2H3,(H,19,20)/t12-/m1/s1. The molecule has 0 spiro atoms. The lowest BCUT2D eigenvalue weighted by atomic mass is 10.1. The van der Waals surface area contributed by atoms with Crippen LogP contribution in [-0.2, 0) is 19.6 Å². The van der Waals surface area contributed by atoms with Crippen LogP contribution in [0.5, 0.6) is 0 Å². The van der Waals surface area contributed by atoms with Gasteiger partial charge in [0, 0.05) is 11.3 Å². The van der Waals surface area contributed by atoms with Gasteiger partial charge in [-0.2, -0.15) is 8.42 Å². The molecule has 8 heteroatoms. The predicted octanol–water partition coefficient (Wildman–Crippen LogP) is 2.38. The van der Waals surface area contributed by atoms with E-state index in [0.717, 1.165) is 0 Å². The summed E-state index contributed by atoms with van der Waals surface area (Å²) in [6.45, 7) is 2.85. The zero-order valence-electron chi connectivity index (χ0n) is 14.1. The molecule has 7 nitrogen and oxygen atoms in total. The Morgan fingerprint density at radius 3 is 2.38 bits per heavy atom. The zero-order valence-corrected chi connectivity index (χ0v) is 14.9. The van der Waals surface area contributed by atoms with Gasteiger partial charge in [0.25, 0.3) is 10.0 Å². The summed E-state index contributed by atoms with van der Waals surface area (Å²) in [4.78, 5) is 23.3. The number of sulfonamides is 1. The number of ether oxygens (including phenoxy) is 1. The third kappa shape index (κ3) is 3.50. The van der Waals surface area contributed by atoms with E-state index in [2.05, 4.69) is 9.71 Å². The fraction of sp³-hybridized carbons (Fsp3) is 0.167. The van der Waals surface area contributed by atoms with Gasteiger partial charge in [0.1, 0.15) is 4.90 Å². The summed E-state index contributed by atoms with van der Waals surface area (Å²) in [5.74, 6) is -0.623. The first kappa shape index (κ1) is 17.8. The van der Waals surface area contributed by atoms with Crippen LogP contribution < -0.4 is 5.32 Å². The van der Waals surface area contributed by atoms with Crippen LogP contribution in [-0.4, -0.2) is 32.1 Å². The highest BCUT2D eigenvalue weighted by Crippen LogP contribution is 2.26. The summed E-state index contributed by atoms with van der Waals surface area (Å²) in [6.07, 6.45) is -0.810. The lowest BCUT2D eigenvalue weighted by Crippen LogP contribution is -2.21. The molecule has 0 amide bonds. The lowest BCUT2D eigenvalue weighted by molar-refractivity contribution is -0.124. The molecule has 1 aliphatic heterocycles. The Labute approximate surface area is 150 Å². The first-order valence-corrected chi connectivity index (χ1v) is 9.25. The van der Waals surface area contributed by atoms with Crippen molar-refractivity contribution in [2.45, 2.75) is 24.8 Å². The van der Waals surface area contributed by atoms with Crippen molar-refractivity contribution in [3.63, 3.8) is 0 Å². The molecule has 0 saturated carbocycles. The van der Waals surface area contributed by atoms with Crippen molar-refractivity contribution in [1.29, 1.82) is 0 Å². The number of hydrogen-bond donors (Lipinski definition) is 1. The van der Waals surface area contributed by atoms with Gasteiger partial charge in [-0.25, -0.2) is 4.79 Å². The van der Waals surface area contributed by atoms with E-state index in [1.54, 1.807) is 30.3 Å². The number of nitrogens with zero attached hydrogens (tertiary/aromatic N) is 1. The summed E-state index contributed by atoms with van der Waals surface area (Å²) < 4.78 is 32.9. The van der Waals surface area contributed by atoms with Gasteiger partial charge < -0.3 is 10.1 Å². The van der Waals surface area contributed by atoms with E-state index in [1.807, 2.05) is 0 Å². The second kappa shape index (κ2) is 6.72. The van der Waals surface area contributed by atoms with Crippen LogP contribution in [0.3, 0.4) is 0 Å². The molecular formula is C18H16N2O5S. The van der Waals surface area contributed by atoms with Crippen molar-refractivity contribution < 1.29 is 22.7 Å². The summed E-state index contributed by atoms with van der Waals surface area (Å²) >= 11 is 0. The molecule has 0 saturated heterocycles. The SMILES string of the molecule is CC(=O)[C@@H](C)OC(=O)c1ccc(NC2=NS(=O)(=O)c3ccccc32)cc1. The van der Waals surface area contributed by atoms with E-state index in [-0.39, 0.29) is 22.1 Å². The van der Waals surface area contributed by atoms with E-state index in [9.17, 15) is 18.0 Å². The van der Waals surface area contributed by atoms with Crippen LogP contribution in [0.25, 0.3) is 0 Å². The predicted molar refractivity (Wildman–Crippen MR) is 95.8 cm³/mol. The summed E-state index contributed by atoms with van der Waals surface area (Å²) in [6, 6.07) is 12.8. The third-order valence-electron chi connectivity index (χ3n) is 3.87. The molecule has 1 N–H and O–H groups in total. The van der Waals surface area contributed by atoms with E-state index < -0.39 is 22.1 Å². The van der Waals surface area contributed by atoms with Crippen LogP contribution in [0.15, 0.2) is 57.8 Å². The minimum Gasteiger partial charge on any atom is -0.451 e. The number of Topliss-reactive ketones (excluding diaryl/α,β-unsaturated/α-hetero) is 1. The van der Waals surface area contributed by atoms with Gasteiger partial charge in [-0.15, -0.1) is 4.40 Å². The Morgan fingerprint density at radius 2 is 1.73 bits per heavy atom. The molecule has 0 bridgehead atoms. The Morgan fingerprint density at radius 1 is 1.08 bits per heavy atom. The molecule has 0 unspecified atom stereocenters. The van der Waals surface area contributed by atoms with Crippen LogP contribution in [0.4, 0.5) is 5.69 Å². The molecule has 1 heterocycles. The maximum atomic E-state index is 12.0. The highest BCUT2D eigenvalue weighted by molar-refractivity contribution is 7.90. The van der Waals surface area contributed by atoms with Gasteiger partial charge in [0.05, 0.1) is 5.56 Å². The van der Waals surface area contributed by atoms with Crippen LogP contribution in [0.1, 0.15) is 29.8 Å². The number of carbonyl (C=O) groups excluding carboxylic acids is 2. The quantitative estimate of drug-likeness (QED) is 0.827. The fourth-order valence-electron chi connectivity index (χ4n) is 2.33. The lowest BCUT2D eigenvalue weighted by Gasteiger charge is -2.11. The van der Waals surface area contributed by atoms with Crippen molar-refractivity contribution in [3.8, 4) is 0 Å². The number of hydrogen-bond acceptors (Lipinski definition) is 6. The molecule has 2 aromatic rings.